The molecule has 0 spiro atoms. The molecule has 5 nitrogen and oxygen atoms in total. The number of anilines is 1. The number of benzene rings is 1. The van der Waals surface area contributed by atoms with Crippen LogP contribution in [0.15, 0.2) is 52.2 Å². The summed E-state index contributed by atoms with van der Waals surface area (Å²) < 4.78 is 0.708. The van der Waals surface area contributed by atoms with Gasteiger partial charge in [-0.3, -0.25) is 9.79 Å². The van der Waals surface area contributed by atoms with Crippen LogP contribution in [0, 0.1) is 0 Å². The summed E-state index contributed by atoms with van der Waals surface area (Å²) in [6.07, 6.45) is 1.55. The van der Waals surface area contributed by atoms with Crippen LogP contribution in [0.25, 0.3) is 0 Å². The minimum atomic E-state index is -0.166. The number of carbonyl (C=O) groups is 1. The maximum Gasteiger partial charge on any atom is 0.257 e. The van der Waals surface area contributed by atoms with E-state index < -0.39 is 0 Å². The fourth-order valence-corrected chi connectivity index (χ4v) is 4.10. The molecule has 2 aliphatic rings. The SMILES string of the molecule is O=C(Nc1cccc(C2CN3CCSC3=N2)c1)c1ccc(Br)nc1. The maximum absolute atomic E-state index is 12.3. The molecule has 24 heavy (non-hydrogen) atoms. The van der Waals surface area contributed by atoms with E-state index in [0.29, 0.717) is 10.2 Å². The van der Waals surface area contributed by atoms with Crippen LogP contribution in [0.5, 0.6) is 0 Å². The Kier molecular flexibility index (Phi) is 4.28. The smallest absolute Gasteiger partial charge is 0.257 e. The predicted molar refractivity (Wildman–Crippen MR) is 101 cm³/mol. The molecule has 7 heteroatoms. The number of hydrogen-bond acceptors (Lipinski definition) is 5. The molecule has 3 heterocycles. The van der Waals surface area contributed by atoms with Crippen molar-refractivity contribution >= 4 is 44.5 Å². The van der Waals surface area contributed by atoms with E-state index in [4.69, 9.17) is 4.99 Å². The summed E-state index contributed by atoms with van der Waals surface area (Å²) in [5.41, 5.74) is 2.44. The molecule has 122 valence electrons. The van der Waals surface area contributed by atoms with Gasteiger partial charge in [-0.05, 0) is 45.8 Å². The minimum absolute atomic E-state index is 0.152. The summed E-state index contributed by atoms with van der Waals surface area (Å²) in [4.78, 5) is 23.5. The minimum Gasteiger partial charge on any atom is -0.348 e. The maximum atomic E-state index is 12.3. The molecular formula is C17H15BrN4OS. The van der Waals surface area contributed by atoms with E-state index in [-0.39, 0.29) is 11.9 Å². The number of pyridine rings is 1. The van der Waals surface area contributed by atoms with Crippen LogP contribution in [-0.4, -0.2) is 39.8 Å². The highest BCUT2D eigenvalue weighted by Crippen LogP contribution is 2.33. The van der Waals surface area contributed by atoms with Crippen molar-refractivity contribution in [2.75, 3.05) is 24.2 Å². The van der Waals surface area contributed by atoms with Gasteiger partial charge in [0.15, 0.2) is 5.17 Å². The molecule has 0 aliphatic carbocycles. The van der Waals surface area contributed by atoms with Gasteiger partial charge in [0.05, 0.1) is 11.6 Å². The topological polar surface area (TPSA) is 57.6 Å². The second kappa shape index (κ2) is 6.57. The number of aliphatic imine (C=N–C) groups is 1. The van der Waals surface area contributed by atoms with E-state index in [9.17, 15) is 4.79 Å². The zero-order valence-corrected chi connectivity index (χ0v) is 15.2. The van der Waals surface area contributed by atoms with Crippen molar-refractivity contribution in [1.29, 1.82) is 0 Å². The van der Waals surface area contributed by atoms with Crippen molar-refractivity contribution in [2.24, 2.45) is 4.99 Å². The highest BCUT2D eigenvalue weighted by atomic mass is 79.9. The largest absolute Gasteiger partial charge is 0.348 e. The quantitative estimate of drug-likeness (QED) is 0.797. The Labute approximate surface area is 152 Å². The molecule has 0 saturated carbocycles. The number of amides is 1. The molecule has 1 unspecified atom stereocenters. The van der Waals surface area contributed by atoms with Crippen molar-refractivity contribution in [3.63, 3.8) is 0 Å². The first-order valence-electron chi connectivity index (χ1n) is 7.67. The van der Waals surface area contributed by atoms with Gasteiger partial charge in [-0.15, -0.1) is 0 Å². The molecule has 1 N–H and O–H groups in total. The van der Waals surface area contributed by atoms with Gasteiger partial charge in [-0.1, -0.05) is 23.9 Å². The number of thioether (sulfide) groups is 1. The fraction of sp³-hybridized carbons (Fsp3) is 0.235. The number of fused-ring (bicyclic) bond motifs is 1. The third-order valence-corrected chi connectivity index (χ3v) is 5.52. The van der Waals surface area contributed by atoms with Crippen LogP contribution in [0.4, 0.5) is 5.69 Å². The van der Waals surface area contributed by atoms with Crippen molar-refractivity contribution in [1.82, 2.24) is 9.88 Å². The summed E-state index contributed by atoms with van der Waals surface area (Å²) >= 11 is 5.09. The van der Waals surface area contributed by atoms with Crippen LogP contribution in [-0.2, 0) is 0 Å². The zero-order valence-electron chi connectivity index (χ0n) is 12.8. The van der Waals surface area contributed by atoms with Gasteiger partial charge in [0.1, 0.15) is 4.60 Å². The van der Waals surface area contributed by atoms with Crippen LogP contribution in [0.2, 0.25) is 0 Å². The average molecular weight is 403 g/mol. The number of hydrogen-bond donors (Lipinski definition) is 1. The Balaban J connectivity index is 1.50. The van der Waals surface area contributed by atoms with Crippen LogP contribution in [0.1, 0.15) is 22.0 Å². The summed E-state index contributed by atoms with van der Waals surface area (Å²) in [5.74, 6) is 0.962. The van der Waals surface area contributed by atoms with Gasteiger partial charge < -0.3 is 10.2 Å². The molecule has 1 aromatic heterocycles. The van der Waals surface area contributed by atoms with E-state index >= 15 is 0 Å². The lowest BCUT2D eigenvalue weighted by Gasteiger charge is -2.14. The fourth-order valence-electron chi connectivity index (χ4n) is 2.82. The van der Waals surface area contributed by atoms with Gasteiger partial charge in [0.2, 0.25) is 0 Å². The first kappa shape index (κ1) is 15.7. The Hall–Kier alpha value is -1.86. The Morgan fingerprint density at radius 2 is 2.25 bits per heavy atom. The van der Waals surface area contributed by atoms with Gasteiger partial charge in [0, 0.05) is 30.7 Å². The monoisotopic (exact) mass is 402 g/mol. The standard InChI is InChI=1S/C17H15BrN4OS/c18-15-5-4-12(9-19-15)16(23)20-13-3-1-2-11(8-13)14-10-22-6-7-24-17(22)21-14/h1-5,8-9,14H,6-7,10H2,(H,20,23). The van der Waals surface area contributed by atoms with Gasteiger partial charge in [-0.25, -0.2) is 4.98 Å². The van der Waals surface area contributed by atoms with E-state index in [1.807, 2.05) is 30.0 Å². The molecule has 4 rings (SSSR count). The second-order valence-electron chi connectivity index (χ2n) is 5.67. The summed E-state index contributed by atoms with van der Waals surface area (Å²) in [5, 5.41) is 4.08. The van der Waals surface area contributed by atoms with Gasteiger partial charge in [-0.2, -0.15) is 0 Å². The van der Waals surface area contributed by atoms with Crippen molar-refractivity contribution < 1.29 is 4.79 Å². The molecule has 1 amide bonds. The first-order chi connectivity index (χ1) is 11.7. The number of aromatic nitrogens is 1. The average Bonchev–Trinajstić information content (AvgIpc) is 3.17. The lowest BCUT2D eigenvalue weighted by Crippen LogP contribution is -2.21. The third-order valence-electron chi connectivity index (χ3n) is 4.04. The van der Waals surface area contributed by atoms with Gasteiger partial charge >= 0.3 is 0 Å². The molecule has 2 aliphatic heterocycles. The Morgan fingerprint density at radius 1 is 1.33 bits per heavy atom. The Bertz CT molecular complexity index is 808. The van der Waals surface area contributed by atoms with Crippen molar-refractivity contribution in [2.45, 2.75) is 6.04 Å². The number of amidine groups is 1. The predicted octanol–water partition coefficient (Wildman–Crippen LogP) is 3.56. The van der Waals surface area contributed by atoms with Crippen LogP contribution >= 0.6 is 27.7 Å². The molecule has 1 fully saturated rings. The second-order valence-corrected chi connectivity index (χ2v) is 7.55. The summed E-state index contributed by atoms with van der Waals surface area (Å²) in [7, 11) is 0. The number of rotatable bonds is 3. The number of nitrogens with one attached hydrogen (secondary N) is 1. The van der Waals surface area contributed by atoms with E-state index in [1.54, 1.807) is 18.3 Å². The van der Waals surface area contributed by atoms with E-state index in [2.05, 4.69) is 37.2 Å². The molecule has 0 radical (unpaired) electrons. The van der Waals surface area contributed by atoms with Crippen molar-refractivity contribution in [3.8, 4) is 0 Å². The zero-order chi connectivity index (χ0) is 16.5. The highest BCUT2D eigenvalue weighted by molar-refractivity contribution is 9.10. The summed E-state index contributed by atoms with van der Waals surface area (Å²) in [6.45, 7) is 2.00. The Morgan fingerprint density at radius 3 is 3.04 bits per heavy atom. The van der Waals surface area contributed by atoms with Gasteiger partial charge in [0.25, 0.3) is 5.91 Å². The van der Waals surface area contributed by atoms with E-state index in [1.165, 1.54) is 0 Å². The van der Waals surface area contributed by atoms with E-state index in [0.717, 1.165) is 35.3 Å². The molecule has 1 atom stereocenters. The lowest BCUT2D eigenvalue weighted by molar-refractivity contribution is 0.102. The molecular weight excluding hydrogens is 388 g/mol. The van der Waals surface area contributed by atoms with Crippen LogP contribution < -0.4 is 5.32 Å². The normalized spacial score (nSPS) is 19.1. The molecule has 0 bridgehead atoms. The highest BCUT2D eigenvalue weighted by Gasteiger charge is 2.30. The van der Waals surface area contributed by atoms with Crippen molar-refractivity contribution in [3.05, 3.63) is 58.3 Å². The molecule has 1 aromatic carbocycles. The number of nitrogens with zero attached hydrogens (tertiary/aromatic N) is 3. The third kappa shape index (κ3) is 3.18. The van der Waals surface area contributed by atoms with Crippen LogP contribution in [0.3, 0.4) is 0 Å². The lowest BCUT2D eigenvalue weighted by atomic mass is 10.1. The number of halogens is 1. The number of carbonyl (C=O) groups excluding carboxylic acids is 1. The summed E-state index contributed by atoms with van der Waals surface area (Å²) in [6, 6.07) is 11.6. The first-order valence-corrected chi connectivity index (χ1v) is 9.45. The molecule has 2 aromatic rings. The molecule has 1 saturated heterocycles.